The van der Waals surface area contributed by atoms with Crippen LogP contribution in [-0.4, -0.2) is 37.5 Å². The van der Waals surface area contributed by atoms with Gasteiger partial charge >= 0.3 is 5.97 Å². The summed E-state index contributed by atoms with van der Waals surface area (Å²) in [7, 11) is 2.86. The number of rotatable bonds is 4. The standard InChI is InChI=1S/C12H15NO3S/c1-9-6-7-17-10(9)4-5-11(14)13(2)8-12(15)16-3/h4-7H,8H2,1-3H3/b5-4+. The van der Waals surface area contributed by atoms with Crippen molar-refractivity contribution in [2.45, 2.75) is 6.92 Å². The van der Waals surface area contributed by atoms with Crippen LogP contribution in [0.3, 0.4) is 0 Å². The number of hydrogen-bond donors (Lipinski definition) is 0. The number of likely N-dealkylation sites (N-methyl/N-ethyl adjacent to an activating group) is 1. The van der Waals surface area contributed by atoms with Crippen LogP contribution in [-0.2, 0) is 14.3 Å². The molecule has 1 aromatic heterocycles. The smallest absolute Gasteiger partial charge is 0.325 e. The fraction of sp³-hybridized carbons (Fsp3) is 0.333. The van der Waals surface area contributed by atoms with Gasteiger partial charge in [-0.3, -0.25) is 9.59 Å². The van der Waals surface area contributed by atoms with Crippen molar-refractivity contribution in [1.82, 2.24) is 4.90 Å². The van der Waals surface area contributed by atoms with Crippen molar-refractivity contribution in [2.75, 3.05) is 20.7 Å². The van der Waals surface area contributed by atoms with Crippen LogP contribution in [0.5, 0.6) is 0 Å². The van der Waals surface area contributed by atoms with E-state index in [1.54, 1.807) is 24.5 Å². The second-order valence-corrected chi connectivity index (χ2v) is 4.52. The Kier molecular flexibility index (Phi) is 4.90. The SMILES string of the molecule is COC(=O)CN(C)C(=O)/C=C/c1sccc1C. The van der Waals surface area contributed by atoms with Gasteiger partial charge in [0.15, 0.2) is 0 Å². The molecule has 0 saturated heterocycles. The Bertz CT molecular complexity index is 437. The highest BCUT2D eigenvalue weighted by Gasteiger charge is 2.10. The van der Waals surface area contributed by atoms with Crippen LogP contribution in [0.4, 0.5) is 0 Å². The fourth-order valence-electron chi connectivity index (χ4n) is 1.17. The molecule has 0 aromatic carbocycles. The summed E-state index contributed by atoms with van der Waals surface area (Å²) >= 11 is 1.57. The summed E-state index contributed by atoms with van der Waals surface area (Å²) in [5.41, 5.74) is 1.13. The van der Waals surface area contributed by atoms with Crippen LogP contribution in [0.2, 0.25) is 0 Å². The maximum absolute atomic E-state index is 11.6. The van der Waals surface area contributed by atoms with Crippen LogP contribution >= 0.6 is 11.3 Å². The average Bonchev–Trinajstić information content (AvgIpc) is 2.71. The quantitative estimate of drug-likeness (QED) is 0.606. The van der Waals surface area contributed by atoms with E-state index in [4.69, 9.17) is 0 Å². The molecule has 1 aromatic rings. The number of aryl methyl sites for hydroxylation is 1. The van der Waals surface area contributed by atoms with Gasteiger partial charge in [-0.2, -0.15) is 0 Å². The number of carbonyl (C=O) groups excluding carboxylic acids is 2. The van der Waals surface area contributed by atoms with Gasteiger partial charge in [-0.1, -0.05) is 0 Å². The Morgan fingerprint density at radius 1 is 1.53 bits per heavy atom. The van der Waals surface area contributed by atoms with Gasteiger partial charge in [0.1, 0.15) is 6.54 Å². The Morgan fingerprint density at radius 3 is 2.76 bits per heavy atom. The largest absolute Gasteiger partial charge is 0.468 e. The molecule has 0 N–H and O–H groups in total. The van der Waals surface area contributed by atoms with Crippen molar-refractivity contribution in [3.63, 3.8) is 0 Å². The summed E-state index contributed by atoms with van der Waals surface area (Å²) in [6.07, 6.45) is 3.22. The van der Waals surface area contributed by atoms with E-state index in [0.717, 1.165) is 10.4 Å². The second-order valence-electron chi connectivity index (χ2n) is 3.57. The van der Waals surface area contributed by atoms with E-state index >= 15 is 0 Å². The first kappa shape index (κ1) is 13.4. The molecule has 0 radical (unpaired) electrons. The van der Waals surface area contributed by atoms with Crippen molar-refractivity contribution in [1.29, 1.82) is 0 Å². The molecular formula is C12H15NO3S. The molecule has 0 unspecified atom stereocenters. The van der Waals surface area contributed by atoms with E-state index in [9.17, 15) is 9.59 Å². The monoisotopic (exact) mass is 253 g/mol. The summed E-state index contributed by atoms with van der Waals surface area (Å²) < 4.78 is 4.49. The zero-order valence-electron chi connectivity index (χ0n) is 10.1. The number of ether oxygens (including phenoxy) is 1. The molecule has 0 saturated carbocycles. The molecule has 0 spiro atoms. The van der Waals surface area contributed by atoms with E-state index in [-0.39, 0.29) is 12.5 Å². The summed E-state index contributed by atoms with van der Waals surface area (Å²) in [6, 6.07) is 1.99. The maximum atomic E-state index is 11.6. The zero-order chi connectivity index (χ0) is 12.8. The molecule has 0 atom stereocenters. The normalized spacial score (nSPS) is 10.5. The Labute approximate surface area is 104 Å². The van der Waals surface area contributed by atoms with Gasteiger partial charge in [0, 0.05) is 18.0 Å². The van der Waals surface area contributed by atoms with Gasteiger partial charge in [-0.15, -0.1) is 11.3 Å². The number of carbonyl (C=O) groups is 2. The van der Waals surface area contributed by atoms with E-state index in [1.807, 2.05) is 18.4 Å². The van der Waals surface area contributed by atoms with E-state index < -0.39 is 5.97 Å². The molecule has 1 heterocycles. The van der Waals surface area contributed by atoms with E-state index in [0.29, 0.717) is 0 Å². The molecule has 0 bridgehead atoms. The molecule has 1 amide bonds. The minimum atomic E-state index is -0.429. The van der Waals surface area contributed by atoms with Crippen molar-refractivity contribution < 1.29 is 14.3 Å². The molecule has 92 valence electrons. The second kappa shape index (κ2) is 6.20. The van der Waals surface area contributed by atoms with Gasteiger partial charge in [0.05, 0.1) is 7.11 Å². The lowest BCUT2D eigenvalue weighted by Gasteiger charge is -2.12. The third-order valence-electron chi connectivity index (χ3n) is 2.25. The van der Waals surface area contributed by atoms with Crippen LogP contribution in [0.1, 0.15) is 10.4 Å². The molecule has 1 rings (SSSR count). The minimum Gasteiger partial charge on any atom is -0.468 e. The molecule has 0 aliphatic carbocycles. The molecular weight excluding hydrogens is 238 g/mol. The highest BCUT2D eigenvalue weighted by atomic mass is 32.1. The van der Waals surface area contributed by atoms with Gasteiger partial charge in [-0.25, -0.2) is 0 Å². The van der Waals surface area contributed by atoms with E-state index in [1.165, 1.54) is 18.1 Å². The third-order valence-corrected chi connectivity index (χ3v) is 3.23. The lowest BCUT2D eigenvalue weighted by molar-refractivity contribution is -0.144. The van der Waals surface area contributed by atoms with Gasteiger partial charge in [0.25, 0.3) is 0 Å². The molecule has 4 nitrogen and oxygen atoms in total. The summed E-state index contributed by atoms with van der Waals surface area (Å²) in [4.78, 5) is 25.0. The summed E-state index contributed by atoms with van der Waals surface area (Å²) in [5, 5.41) is 1.97. The number of nitrogens with zero attached hydrogens (tertiary/aromatic N) is 1. The van der Waals surface area contributed by atoms with Gasteiger partial charge < -0.3 is 9.64 Å². The predicted octanol–water partition coefficient (Wildman–Crippen LogP) is 1.70. The first-order chi connectivity index (χ1) is 8.04. The number of amides is 1. The Balaban J connectivity index is 2.57. The molecule has 17 heavy (non-hydrogen) atoms. The summed E-state index contributed by atoms with van der Waals surface area (Å²) in [5.74, 6) is -0.648. The number of esters is 1. The van der Waals surface area contributed by atoms with Crippen LogP contribution in [0.25, 0.3) is 6.08 Å². The molecule has 5 heteroatoms. The minimum absolute atomic E-state index is 0.0386. The van der Waals surface area contributed by atoms with Crippen molar-refractivity contribution in [2.24, 2.45) is 0 Å². The number of hydrogen-bond acceptors (Lipinski definition) is 4. The van der Waals surface area contributed by atoms with Crippen molar-refractivity contribution in [3.8, 4) is 0 Å². The number of methoxy groups -OCH3 is 1. The highest BCUT2D eigenvalue weighted by Crippen LogP contribution is 2.16. The highest BCUT2D eigenvalue weighted by molar-refractivity contribution is 7.11. The summed E-state index contributed by atoms with van der Waals surface area (Å²) in [6.45, 7) is 1.95. The topological polar surface area (TPSA) is 46.6 Å². The predicted molar refractivity (Wildman–Crippen MR) is 67.7 cm³/mol. The van der Waals surface area contributed by atoms with Crippen molar-refractivity contribution in [3.05, 3.63) is 28.0 Å². The van der Waals surface area contributed by atoms with Crippen molar-refractivity contribution >= 4 is 29.3 Å². The zero-order valence-corrected chi connectivity index (χ0v) is 10.9. The Morgan fingerprint density at radius 2 is 2.24 bits per heavy atom. The molecule has 0 aliphatic heterocycles. The molecule has 0 fully saturated rings. The molecule has 0 aliphatic rings. The first-order valence-electron chi connectivity index (χ1n) is 5.08. The first-order valence-corrected chi connectivity index (χ1v) is 5.96. The van der Waals surface area contributed by atoms with Crippen LogP contribution in [0.15, 0.2) is 17.5 Å². The fourth-order valence-corrected chi connectivity index (χ4v) is 1.98. The van der Waals surface area contributed by atoms with Gasteiger partial charge in [0.2, 0.25) is 5.91 Å². The maximum Gasteiger partial charge on any atom is 0.325 e. The van der Waals surface area contributed by atoms with Gasteiger partial charge in [-0.05, 0) is 30.0 Å². The number of thiophene rings is 1. The van der Waals surface area contributed by atoms with Crippen LogP contribution < -0.4 is 0 Å². The van der Waals surface area contributed by atoms with Crippen LogP contribution in [0, 0.1) is 6.92 Å². The van der Waals surface area contributed by atoms with E-state index in [2.05, 4.69) is 4.74 Å². The Hall–Kier alpha value is -1.62. The lowest BCUT2D eigenvalue weighted by atomic mass is 10.3. The average molecular weight is 253 g/mol. The lowest BCUT2D eigenvalue weighted by Crippen LogP contribution is -2.31. The third kappa shape index (κ3) is 4.03.